The van der Waals surface area contributed by atoms with Gasteiger partial charge in [0, 0.05) is 51.2 Å². The fourth-order valence-electron chi connectivity index (χ4n) is 3.49. The summed E-state index contributed by atoms with van der Waals surface area (Å²) in [7, 11) is 1.82. The highest BCUT2D eigenvalue weighted by molar-refractivity contribution is 5.37. The van der Waals surface area contributed by atoms with Crippen molar-refractivity contribution in [3.8, 4) is 0 Å². The first-order valence-corrected chi connectivity index (χ1v) is 8.66. The van der Waals surface area contributed by atoms with Gasteiger partial charge in [-0.2, -0.15) is 13.2 Å². The van der Waals surface area contributed by atoms with E-state index in [0.717, 1.165) is 44.1 Å². The molecule has 140 valence electrons. The maximum atomic E-state index is 13.0. The summed E-state index contributed by atoms with van der Waals surface area (Å²) in [4.78, 5) is 12.2. The Balaban J connectivity index is 1.49. The number of anilines is 1. The van der Waals surface area contributed by atoms with E-state index in [4.69, 9.17) is 0 Å². The molecule has 0 bridgehead atoms. The molecule has 1 saturated heterocycles. The Labute approximate surface area is 148 Å². The second-order valence-corrected chi connectivity index (χ2v) is 6.94. The number of nitrogens with zero attached hydrogens (tertiary/aromatic N) is 7. The number of hydrogen-bond acceptors (Lipinski definition) is 6. The van der Waals surface area contributed by atoms with E-state index in [2.05, 4.69) is 25.2 Å². The third-order valence-electron chi connectivity index (χ3n) is 4.78. The Morgan fingerprint density at radius 1 is 1.23 bits per heavy atom. The number of hydrogen-bond donors (Lipinski definition) is 0. The van der Waals surface area contributed by atoms with Gasteiger partial charge in [-0.05, 0) is 25.3 Å². The number of alkyl halides is 3. The number of halogens is 3. The van der Waals surface area contributed by atoms with Crippen molar-refractivity contribution >= 4 is 5.95 Å². The fraction of sp³-hybridized carbons (Fsp3) is 0.625. The predicted molar refractivity (Wildman–Crippen MR) is 87.2 cm³/mol. The van der Waals surface area contributed by atoms with Gasteiger partial charge in [0.2, 0.25) is 5.95 Å². The molecule has 0 amide bonds. The maximum absolute atomic E-state index is 13.0. The number of aromatic nitrogens is 5. The molecule has 0 spiro atoms. The van der Waals surface area contributed by atoms with Gasteiger partial charge in [0.25, 0.3) is 0 Å². The molecule has 0 radical (unpaired) electrons. The molecule has 7 nitrogen and oxygen atoms in total. The fourth-order valence-corrected chi connectivity index (χ4v) is 3.49. The van der Waals surface area contributed by atoms with Crippen LogP contribution in [0.15, 0.2) is 18.5 Å². The third kappa shape index (κ3) is 3.64. The van der Waals surface area contributed by atoms with Gasteiger partial charge < -0.3 is 4.90 Å². The average molecular weight is 367 g/mol. The zero-order chi connectivity index (χ0) is 18.3. The SMILES string of the molecule is Cn1cc(CN2CCC(N(c3nccc(C(F)(F)F)n3)C3CC3)C2)nn1. The van der Waals surface area contributed by atoms with Gasteiger partial charge in [0.05, 0.1) is 5.69 Å². The highest BCUT2D eigenvalue weighted by Gasteiger charge is 2.40. The lowest BCUT2D eigenvalue weighted by Crippen LogP contribution is -2.40. The summed E-state index contributed by atoms with van der Waals surface area (Å²) in [6.07, 6.45) is 1.44. The standard InChI is InChI=1S/C16H20F3N7/c1-24-8-11(22-23-24)9-25-7-5-13(10-25)26(12-2-3-12)15-20-6-4-14(21-15)16(17,18)19/h4,6,8,12-13H,2-3,5,7,9-10H2,1H3. The molecule has 0 N–H and O–H groups in total. The molecule has 1 atom stereocenters. The van der Waals surface area contributed by atoms with Gasteiger partial charge in [-0.15, -0.1) is 5.10 Å². The molecule has 26 heavy (non-hydrogen) atoms. The van der Waals surface area contributed by atoms with Crippen LogP contribution in [-0.2, 0) is 19.8 Å². The lowest BCUT2D eigenvalue weighted by atomic mass is 10.2. The van der Waals surface area contributed by atoms with Crippen molar-refractivity contribution in [3.05, 3.63) is 29.8 Å². The third-order valence-corrected chi connectivity index (χ3v) is 4.78. The van der Waals surface area contributed by atoms with Gasteiger partial charge in [0.1, 0.15) is 5.69 Å². The van der Waals surface area contributed by atoms with Crippen molar-refractivity contribution in [2.45, 2.75) is 44.1 Å². The van der Waals surface area contributed by atoms with Crippen LogP contribution in [0.4, 0.5) is 19.1 Å². The summed E-state index contributed by atoms with van der Waals surface area (Å²) < 4.78 is 40.7. The van der Waals surface area contributed by atoms with E-state index < -0.39 is 11.9 Å². The van der Waals surface area contributed by atoms with Crippen molar-refractivity contribution in [2.75, 3.05) is 18.0 Å². The average Bonchev–Trinajstić information content (AvgIpc) is 3.17. The van der Waals surface area contributed by atoms with Gasteiger partial charge >= 0.3 is 6.18 Å². The molecular weight excluding hydrogens is 347 g/mol. The van der Waals surface area contributed by atoms with Crippen LogP contribution in [-0.4, -0.2) is 55.0 Å². The molecule has 10 heteroatoms. The number of rotatable bonds is 5. The van der Waals surface area contributed by atoms with Crippen LogP contribution in [0.25, 0.3) is 0 Å². The number of aryl methyl sites for hydroxylation is 1. The number of likely N-dealkylation sites (tertiary alicyclic amines) is 1. The van der Waals surface area contributed by atoms with E-state index in [1.54, 1.807) is 4.68 Å². The highest BCUT2D eigenvalue weighted by Crippen LogP contribution is 2.36. The second kappa shape index (κ2) is 6.49. The first kappa shape index (κ1) is 17.2. The topological polar surface area (TPSA) is 63.0 Å². The quantitative estimate of drug-likeness (QED) is 0.804. The lowest BCUT2D eigenvalue weighted by Gasteiger charge is -2.29. The summed E-state index contributed by atoms with van der Waals surface area (Å²) in [6, 6.07) is 1.27. The van der Waals surface area contributed by atoms with Gasteiger partial charge in [-0.1, -0.05) is 5.21 Å². The van der Waals surface area contributed by atoms with Crippen LogP contribution >= 0.6 is 0 Å². The molecule has 2 aromatic rings. The molecule has 0 aromatic carbocycles. The van der Waals surface area contributed by atoms with E-state index in [0.29, 0.717) is 6.54 Å². The summed E-state index contributed by atoms with van der Waals surface area (Å²) in [6.45, 7) is 2.31. The highest BCUT2D eigenvalue weighted by atomic mass is 19.4. The van der Waals surface area contributed by atoms with Crippen molar-refractivity contribution in [3.63, 3.8) is 0 Å². The van der Waals surface area contributed by atoms with Crippen molar-refractivity contribution in [2.24, 2.45) is 7.05 Å². The minimum Gasteiger partial charge on any atom is -0.334 e. The first-order chi connectivity index (χ1) is 12.4. The van der Waals surface area contributed by atoms with Crippen molar-refractivity contribution in [1.82, 2.24) is 29.9 Å². The molecule has 1 unspecified atom stereocenters. The maximum Gasteiger partial charge on any atom is 0.433 e. The Kier molecular flexibility index (Phi) is 4.29. The molecule has 1 aliphatic heterocycles. The van der Waals surface area contributed by atoms with Crippen LogP contribution in [0.5, 0.6) is 0 Å². The molecule has 1 saturated carbocycles. The molecule has 2 fully saturated rings. The summed E-state index contributed by atoms with van der Waals surface area (Å²) in [5.74, 6) is 0.189. The Morgan fingerprint density at radius 2 is 2.04 bits per heavy atom. The summed E-state index contributed by atoms with van der Waals surface area (Å²) >= 11 is 0. The van der Waals surface area contributed by atoms with Crippen LogP contribution in [0.3, 0.4) is 0 Å². The molecule has 2 aliphatic rings. The van der Waals surface area contributed by atoms with E-state index in [9.17, 15) is 13.2 Å². The normalized spacial score (nSPS) is 21.3. The van der Waals surface area contributed by atoms with E-state index >= 15 is 0 Å². The largest absolute Gasteiger partial charge is 0.433 e. The lowest BCUT2D eigenvalue weighted by molar-refractivity contribution is -0.141. The minimum atomic E-state index is -4.46. The van der Waals surface area contributed by atoms with Crippen LogP contribution in [0, 0.1) is 0 Å². The van der Waals surface area contributed by atoms with Gasteiger partial charge in [-0.3, -0.25) is 9.58 Å². The zero-order valence-electron chi connectivity index (χ0n) is 14.4. The summed E-state index contributed by atoms with van der Waals surface area (Å²) in [5, 5.41) is 8.04. The zero-order valence-corrected chi connectivity index (χ0v) is 14.4. The molecule has 4 rings (SSSR count). The Hall–Kier alpha value is -2.23. The van der Waals surface area contributed by atoms with Gasteiger partial charge in [0.15, 0.2) is 0 Å². The van der Waals surface area contributed by atoms with Gasteiger partial charge in [-0.25, -0.2) is 9.97 Å². The molecule has 2 aromatic heterocycles. The smallest absolute Gasteiger partial charge is 0.334 e. The van der Waals surface area contributed by atoms with Crippen molar-refractivity contribution in [1.29, 1.82) is 0 Å². The Bertz CT molecular complexity index is 771. The summed E-state index contributed by atoms with van der Waals surface area (Å²) in [5.41, 5.74) is 0.00371. The second-order valence-electron chi connectivity index (χ2n) is 6.94. The predicted octanol–water partition coefficient (Wildman–Crippen LogP) is 1.87. The van der Waals surface area contributed by atoms with Crippen LogP contribution in [0.2, 0.25) is 0 Å². The molecular formula is C16H20F3N7. The minimum absolute atomic E-state index is 0.114. The van der Waals surface area contributed by atoms with Crippen LogP contribution in [0.1, 0.15) is 30.7 Å². The molecule has 3 heterocycles. The molecule has 1 aliphatic carbocycles. The van der Waals surface area contributed by atoms with E-state index in [1.807, 2.05) is 18.1 Å². The van der Waals surface area contributed by atoms with Crippen molar-refractivity contribution < 1.29 is 13.2 Å². The van der Waals surface area contributed by atoms with Crippen LogP contribution < -0.4 is 4.90 Å². The first-order valence-electron chi connectivity index (χ1n) is 8.66. The van der Waals surface area contributed by atoms with E-state index in [1.165, 1.54) is 6.20 Å². The van der Waals surface area contributed by atoms with E-state index in [-0.39, 0.29) is 18.0 Å². The Morgan fingerprint density at radius 3 is 2.69 bits per heavy atom. The monoisotopic (exact) mass is 367 g/mol.